The van der Waals surface area contributed by atoms with Gasteiger partial charge < -0.3 is 9.47 Å². The fraction of sp³-hybridized carbons (Fsp3) is 0.529. The molecule has 1 N–H and O–H groups in total. The Hall–Kier alpha value is -2.04. The molecule has 1 aliphatic rings. The van der Waals surface area contributed by atoms with Crippen LogP contribution in [0.25, 0.3) is 0 Å². The number of hydrazone groups is 1. The predicted octanol–water partition coefficient (Wildman–Crippen LogP) is 3.12. The van der Waals surface area contributed by atoms with E-state index >= 15 is 0 Å². The van der Waals surface area contributed by atoms with E-state index in [1.165, 1.54) is 0 Å². The van der Waals surface area contributed by atoms with Crippen molar-refractivity contribution in [2.24, 2.45) is 11.0 Å². The summed E-state index contributed by atoms with van der Waals surface area (Å²) >= 11 is 0. The standard InChI is InChI=1S/C17H24N2O3/c1-3-21-15-10-9-14(16(11-15)22-4-2)12-18-19-17(20)13-7-5-6-8-13/h9-13H,3-8H2,1-2H3,(H,19,20)/b18-12-. The van der Waals surface area contributed by atoms with Crippen molar-refractivity contribution in [2.75, 3.05) is 13.2 Å². The molecule has 0 spiro atoms. The average Bonchev–Trinajstić information content (AvgIpc) is 3.04. The van der Waals surface area contributed by atoms with Gasteiger partial charge in [-0.15, -0.1) is 0 Å². The molecule has 1 fully saturated rings. The lowest BCUT2D eigenvalue weighted by molar-refractivity contribution is -0.124. The van der Waals surface area contributed by atoms with Gasteiger partial charge in [-0.3, -0.25) is 4.79 Å². The molecule has 1 aromatic carbocycles. The van der Waals surface area contributed by atoms with Crippen LogP contribution in [0.2, 0.25) is 0 Å². The predicted molar refractivity (Wildman–Crippen MR) is 86.5 cm³/mol. The molecule has 0 saturated heterocycles. The van der Waals surface area contributed by atoms with Gasteiger partial charge in [0.2, 0.25) is 5.91 Å². The van der Waals surface area contributed by atoms with E-state index in [-0.39, 0.29) is 11.8 Å². The van der Waals surface area contributed by atoms with Gasteiger partial charge in [0.05, 0.1) is 19.4 Å². The summed E-state index contributed by atoms with van der Waals surface area (Å²) < 4.78 is 11.1. The Kier molecular flexibility index (Phi) is 6.25. The van der Waals surface area contributed by atoms with E-state index in [0.717, 1.165) is 37.0 Å². The van der Waals surface area contributed by atoms with E-state index < -0.39 is 0 Å². The van der Waals surface area contributed by atoms with Gasteiger partial charge >= 0.3 is 0 Å². The second-order valence-electron chi connectivity index (χ2n) is 5.28. The fourth-order valence-corrected chi connectivity index (χ4v) is 2.60. The van der Waals surface area contributed by atoms with Crippen molar-refractivity contribution in [2.45, 2.75) is 39.5 Å². The van der Waals surface area contributed by atoms with Gasteiger partial charge in [-0.25, -0.2) is 5.43 Å². The maximum Gasteiger partial charge on any atom is 0.243 e. The molecule has 1 amide bonds. The second-order valence-corrected chi connectivity index (χ2v) is 5.28. The number of nitrogens with zero attached hydrogens (tertiary/aromatic N) is 1. The third-order valence-electron chi connectivity index (χ3n) is 3.70. The molecule has 0 aliphatic heterocycles. The quantitative estimate of drug-likeness (QED) is 0.622. The molecule has 5 nitrogen and oxygen atoms in total. The van der Waals surface area contributed by atoms with Gasteiger partial charge in [-0.2, -0.15) is 5.10 Å². The van der Waals surface area contributed by atoms with Crippen molar-refractivity contribution in [3.8, 4) is 11.5 Å². The van der Waals surface area contributed by atoms with Crippen LogP contribution in [0.4, 0.5) is 0 Å². The summed E-state index contributed by atoms with van der Waals surface area (Å²) in [4.78, 5) is 11.9. The van der Waals surface area contributed by atoms with E-state index in [9.17, 15) is 4.79 Å². The monoisotopic (exact) mass is 304 g/mol. The summed E-state index contributed by atoms with van der Waals surface area (Å²) in [6, 6.07) is 5.58. The van der Waals surface area contributed by atoms with Crippen LogP contribution >= 0.6 is 0 Å². The first-order valence-electron chi connectivity index (χ1n) is 7.97. The van der Waals surface area contributed by atoms with Gasteiger partial charge in [0.15, 0.2) is 0 Å². The average molecular weight is 304 g/mol. The van der Waals surface area contributed by atoms with Crippen molar-refractivity contribution in [1.82, 2.24) is 5.43 Å². The van der Waals surface area contributed by atoms with Gasteiger partial charge in [0.1, 0.15) is 11.5 Å². The van der Waals surface area contributed by atoms with Crippen molar-refractivity contribution >= 4 is 12.1 Å². The first-order chi connectivity index (χ1) is 10.7. The Balaban J connectivity index is 2.00. The number of nitrogens with one attached hydrogen (secondary N) is 1. The lowest BCUT2D eigenvalue weighted by Gasteiger charge is -2.10. The topological polar surface area (TPSA) is 59.9 Å². The van der Waals surface area contributed by atoms with Crippen molar-refractivity contribution in [3.63, 3.8) is 0 Å². The first-order valence-corrected chi connectivity index (χ1v) is 7.97. The summed E-state index contributed by atoms with van der Waals surface area (Å²) in [5.41, 5.74) is 3.44. The first kappa shape index (κ1) is 16.3. The Bertz CT molecular complexity index is 523. The number of carbonyl (C=O) groups is 1. The smallest absolute Gasteiger partial charge is 0.243 e. The SMILES string of the molecule is CCOc1ccc(/C=N\NC(=O)C2CCCC2)c(OCC)c1. The molecule has 1 aromatic rings. The Labute approximate surface area is 131 Å². The molecule has 1 aliphatic carbocycles. The molecule has 22 heavy (non-hydrogen) atoms. The number of rotatable bonds is 7. The lowest BCUT2D eigenvalue weighted by atomic mass is 10.1. The van der Waals surface area contributed by atoms with Crippen LogP contribution < -0.4 is 14.9 Å². The highest BCUT2D eigenvalue weighted by atomic mass is 16.5. The van der Waals surface area contributed by atoms with E-state index in [0.29, 0.717) is 19.0 Å². The summed E-state index contributed by atoms with van der Waals surface area (Å²) in [7, 11) is 0. The second kappa shape index (κ2) is 8.41. The maximum atomic E-state index is 11.9. The zero-order valence-electron chi connectivity index (χ0n) is 13.3. The Morgan fingerprint density at radius 3 is 2.68 bits per heavy atom. The van der Waals surface area contributed by atoms with E-state index in [1.807, 2.05) is 32.0 Å². The van der Waals surface area contributed by atoms with Gasteiger partial charge in [-0.05, 0) is 38.8 Å². The number of ether oxygens (including phenoxy) is 2. The number of carbonyl (C=O) groups excluding carboxylic acids is 1. The van der Waals surface area contributed by atoms with E-state index in [4.69, 9.17) is 9.47 Å². The summed E-state index contributed by atoms with van der Waals surface area (Å²) in [6.45, 7) is 5.03. The molecular weight excluding hydrogens is 280 g/mol. The molecule has 2 rings (SSSR count). The fourth-order valence-electron chi connectivity index (χ4n) is 2.60. The van der Waals surface area contributed by atoms with Crippen molar-refractivity contribution in [1.29, 1.82) is 0 Å². The number of hydrogen-bond acceptors (Lipinski definition) is 4. The van der Waals surface area contributed by atoms with E-state index in [1.54, 1.807) is 6.21 Å². The zero-order chi connectivity index (χ0) is 15.8. The van der Waals surface area contributed by atoms with Crippen LogP contribution in [0.1, 0.15) is 45.1 Å². The van der Waals surface area contributed by atoms with Crippen LogP contribution in [0.15, 0.2) is 23.3 Å². The molecule has 0 radical (unpaired) electrons. The normalized spacial score (nSPS) is 15.2. The summed E-state index contributed by atoms with van der Waals surface area (Å²) in [5, 5.41) is 4.06. The van der Waals surface area contributed by atoms with Crippen molar-refractivity contribution in [3.05, 3.63) is 23.8 Å². The highest BCUT2D eigenvalue weighted by Gasteiger charge is 2.22. The molecular formula is C17H24N2O3. The minimum Gasteiger partial charge on any atom is -0.494 e. The van der Waals surface area contributed by atoms with Crippen LogP contribution in [-0.2, 0) is 4.79 Å². The molecule has 0 heterocycles. The molecule has 120 valence electrons. The van der Waals surface area contributed by atoms with Gasteiger partial charge in [-0.1, -0.05) is 12.8 Å². The maximum absolute atomic E-state index is 11.9. The molecule has 0 unspecified atom stereocenters. The van der Waals surface area contributed by atoms with Crippen LogP contribution in [0.5, 0.6) is 11.5 Å². The molecule has 0 atom stereocenters. The number of hydrogen-bond donors (Lipinski definition) is 1. The Morgan fingerprint density at radius 1 is 1.27 bits per heavy atom. The Morgan fingerprint density at radius 2 is 2.00 bits per heavy atom. The zero-order valence-corrected chi connectivity index (χ0v) is 13.3. The minimum atomic E-state index is 0.0117. The van der Waals surface area contributed by atoms with Crippen LogP contribution in [-0.4, -0.2) is 25.3 Å². The molecule has 0 aromatic heterocycles. The highest BCUT2D eigenvalue weighted by Crippen LogP contribution is 2.25. The van der Waals surface area contributed by atoms with E-state index in [2.05, 4.69) is 10.5 Å². The molecule has 1 saturated carbocycles. The number of amides is 1. The molecule has 0 bridgehead atoms. The third-order valence-corrected chi connectivity index (χ3v) is 3.70. The molecule has 5 heteroatoms. The highest BCUT2D eigenvalue weighted by molar-refractivity contribution is 5.86. The van der Waals surface area contributed by atoms with Crippen LogP contribution in [0, 0.1) is 5.92 Å². The lowest BCUT2D eigenvalue weighted by Crippen LogP contribution is -2.24. The number of benzene rings is 1. The third kappa shape index (κ3) is 4.48. The largest absolute Gasteiger partial charge is 0.494 e. The minimum absolute atomic E-state index is 0.0117. The van der Waals surface area contributed by atoms with Crippen LogP contribution in [0.3, 0.4) is 0 Å². The van der Waals surface area contributed by atoms with Gasteiger partial charge in [0, 0.05) is 17.5 Å². The van der Waals surface area contributed by atoms with Gasteiger partial charge in [0.25, 0.3) is 0 Å². The van der Waals surface area contributed by atoms with Crippen molar-refractivity contribution < 1.29 is 14.3 Å². The summed E-state index contributed by atoms with van der Waals surface area (Å²) in [5.74, 6) is 1.59. The summed E-state index contributed by atoms with van der Waals surface area (Å²) in [6.07, 6.45) is 5.82.